The number of carbonyl (C=O) groups is 1. The van der Waals surface area contributed by atoms with Gasteiger partial charge in [0.2, 0.25) is 5.91 Å². The molecule has 0 unspecified atom stereocenters. The first-order valence-corrected chi connectivity index (χ1v) is 7.93. The van der Waals surface area contributed by atoms with Gasteiger partial charge in [0.05, 0.1) is 0 Å². The van der Waals surface area contributed by atoms with Crippen molar-refractivity contribution in [3.8, 4) is 0 Å². The zero-order chi connectivity index (χ0) is 14.6. The maximum absolute atomic E-state index is 13.6. The molecule has 3 aliphatic rings. The Labute approximate surface area is 123 Å². The minimum absolute atomic E-state index is 0.0998. The van der Waals surface area contributed by atoms with Crippen molar-refractivity contribution in [2.45, 2.75) is 38.5 Å². The molecule has 21 heavy (non-hydrogen) atoms. The van der Waals surface area contributed by atoms with Crippen LogP contribution in [0.15, 0.2) is 12.1 Å². The van der Waals surface area contributed by atoms with Crippen molar-refractivity contribution >= 4 is 11.6 Å². The molecule has 0 N–H and O–H groups in total. The Hall–Kier alpha value is -1.45. The first-order valence-electron chi connectivity index (χ1n) is 7.93. The van der Waals surface area contributed by atoms with Crippen molar-refractivity contribution in [1.29, 1.82) is 0 Å². The standard InChI is InChI=1S/C17H19F2NO/c18-14-8-12-2-1-5-20(16(12)9-15(14)19)17(21)13-7-10-3-4-11(13)6-10/h8-11,13H,1-7H2/t10-,11-,13-/m0/s1. The van der Waals surface area contributed by atoms with Gasteiger partial charge in [0.1, 0.15) is 0 Å². The predicted molar refractivity (Wildman–Crippen MR) is 76.0 cm³/mol. The molecule has 1 aliphatic heterocycles. The molecular weight excluding hydrogens is 272 g/mol. The van der Waals surface area contributed by atoms with Crippen molar-refractivity contribution in [3.05, 3.63) is 29.3 Å². The number of nitrogens with zero attached hydrogens (tertiary/aromatic N) is 1. The molecule has 1 aromatic carbocycles. The Bertz CT molecular complexity index is 601. The zero-order valence-electron chi connectivity index (χ0n) is 11.9. The van der Waals surface area contributed by atoms with Gasteiger partial charge >= 0.3 is 0 Å². The molecule has 3 atom stereocenters. The monoisotopic (exact) mass is 291 g/mol. The molecule has 2 aliphatic carbocycles. The Balaban J connectivity index is 1.65. The summed E-state index contributed by atoms with van der Waals surface area (Å²) in [6.45, 7) is 0.630. The highest BCUT2D eigenvalue weighted by molar-refractivity contribution is 5.96. The number of halogens is 2. The predicted octanol–water partition coefficient (Wildman–Crippen LogP) is 3.68. The largest absolute Gasteiger partial charge is 0.312 e. The number of amides is 1. The molecule has 1 heterocycles. The second kappa shape index (κ2) is 4.79. The number of hydrogen-bond acceptors (Lipinski definition) is 1. The zero-order valence-corrected chi connectivity index (χ0v) is 11.9. The quantitative estimate of drug-likeness (QED) is 0.773. The summed E-state index contributed by atoms with van der Waals surface area (Å²) in [7, 11) is 0. The van der Waals surface area contributed by atoms with Gasteiger partial charge in [-0.05, 0) is 55.6 Å². The van der Waals surface area contributed by atoms with Gasteiger partial charge in [-0.25, -0.2) is 8.78 Å². The molecule has 2 bridgehead atoms. The van der Waals surface area contributed by atoms with Gasteiger partial charge in [-0.2, -0.15) is 0 Å². The number of anilines is 1. The van der Waals surface area contributed by atoms with Crippen LogP contribution in [0.3, 0.4) is 0 Å². The fourth-order valence-electron chi connectivity index (χ4n) is 4.55. The lowest BCUT2D eigenvalue weighted by Gasteiger charge is -2.33. The van der Waals surface area contributed by atoms with Crippen LogP contribution in [-0.2, 0) is 11.2 Å². The molecule has 2 fully saturated rings. The number of fused-ring (bicyclic) bond motifs is 3. The summed E-state index contributed by atoms with van der Waals surface area (Å²) in [5.41, 5.74) is 1.35. The summed E-state index contributed by atoms with van der Waals surface area (Å²) in [6, 6.07) is 2.46. The minimum Gasteiger partial charge on any atom is -0.312 e. The second-order valence-electron chi connectivity index (χ2n) is 6.77. The average molecular weight is 291 g/mol. The average Bonchev–Trinajstić information content (AvgIpc) is 3.10. The van der Waals surface area contributed by atoms with E-state index in [9.17, 15) is 13.6 Å². The Morgan fingerprint density at radius 2 is 1.95 bits per heavy atom. The van der Waals surface area contributed by atoms with Gasteiger partial charge in [-0.1, -0.05) is 6.42 Å². The second-order valence-corrected chi connectivity index (χ2v) is 6.77. The molecule has 0 spiro atoms. The van der Waals surface area contributed by atoms with Gasteiger partial charge < -0.3 is 4.90 Å². The summed E-state index contributed by atoms with van der Waals surface area (Å²) >= 11 is 0. The van der Waals surface area contributed by atoms with Crippen LogP contribution in [0, 0.1) is 29.4 Å². The lowest BCUT2D eigenvalue weighted by Crippen LogP contribution is -2.41. The summed E-state index contributed by atoms with van der Waals surface area (Å²) in [6.07, 6.45) is 6.11. The van der Waals surface area contributed by atoms with E-state index in [4.69, 9.17) is 0 Å². The third-order valence-corrected chi connectivity index (χ3v) is 5.56. The number of carbonyl (C=O) groups excluding carboxylic acids is 1. The van der Waals surface area contributed by atoms with Crippen LogP contribution in [0.25, 0.3) is 0 Å². The maximum Gasteiger partial charge on any atom is 0.230 e. The first-order chi connectivity index (χ1) is 10.1. The maximum atomic E-state index is 13.6. The topological polar surface area (TPSA) is 20.3 Å². The van der Waals surface area contributed by atoms with Crippen LogP contribution in [-0.4, -0.2) is 12.5 Å². The van der Waals surface area contributed by atoms with Crippen LogP contribution in [0.1, 0.15) is 37.7 Å². The third-order valence-electron chi connectivity index (χ3n) is 5.56. The van der Waals surface area contributed by atoms with E-state index in [0.717, 1.165) is 24.8 Å². The summed E-state index contributed by atoms with van der Waals surface area (Å²) in [5.74, 6) is -0.224. The molecule has 2 saturated carbocycles. The van der Waals surface area contributed by atoms with Crippen molar-refractivity contribution in [2.75, 3.05) is 11.4 Å². The van der Waals surface area contributed by atoms with E-state index in [-0.39, 0.29) is 11.8 Å². The fraction of sp³-hybridized carbons (Fsp3) is 0.588. The number of rotatable bonds is 1. The van der Waals surface area contributed by atoms with E-state index in [1.807, 2.05) is 0 Å². The summed E-state index contributed by atoms with van der Waals surface area (Å²) < 4.78 is 26.9. The fourth-order valence-corrected chi connectivity index (χ4v) is 4.55. The highest BCUT2D eigenvalue weighted by Crippen LogP contribution is 2.49. The smallest absolute Gasteiger partial charge is 0.230 e. The number of benzene rings is 1. The third kappa shape index (κ3) is 2.07. The molecule has 1 amide bonds. The number of hydrogen-bond donors (Lipinski definition) is 0. The molecule has 0 aromatic heterocycles. The Morgan fingerprint density at radius 3 is 2.67 bits per heavy atom. The Morgan fingerprint density at radius 1 is 1.14 bits per heavy atom. The van der Waals surface area contributed by atoms with Crippen LogP contribution in [0.4, 0.5) is 14.5 Å². The molecule has 0 saturated heterocycles. The highest BCUT2D eigenvalue weighted by atomic mass is 19.2. The van der Waals surface area contributed by atoms with Crippen LogP contribution in [0.5, 0.6) is 0 Å². The molecule has 2 nitrogen and oxygen atoms in total. The van der Waals surface area contributed by atoms with E-state index in [1.165, 1.54) is 25.0 Å². The minimum atomic E-state index is -0.860. The lowest BCUT2D eigenvalue weighted by molar-refractivity contribution is -0.124. The van der Waals surface area contributed by atoms with E-state index in [1.54, 1.807) is 4.90 Å². The van der Waals surface area contributed by atoms with Crippen molar-refractivity contribution in [2.24, 2.45) is 17.8 Å². The van der Waals surface area contributed by atoms with E-state index in [2.05, 4.69) is 0 Å². The molecule has 112 valence electrons. The van der Waals surface area contributed by atoms with Crippen LogP contribution in [0.2, 0.25) is 0 Å². The number of aryl methyl sites for hydroxylation is 1. The molecule has 4 rings (SSSR count). The molecular formula is C17H19F2NO. The molecule has 1 aromatic rings. The van der Waals surface area contributed by atoms with Gasteiger partial charge in [0.15, 0.2) is 11.6 Å². The van der Waals surface area contributed by atoms with Crippen molar-refractivity contribution in [1.82, 2.24) is 0 Å². The summed E-state index contributed by atoms with van der Waals surface area (Å²) in [5, 5.41) is 0. The van der Waals surface area contributed by atoms with Gasteiger partial charge in [-0.3, -0.25) is 4.79 Å². The SMILES string of the molecule is O=C([C@H]1C[C@H]2CC[C@H]1C2)N1CCCc2cc(F)c(F)cc21. The Kier molecular flexibility index (Phi) is 3.02. The van der Waals surface area contributed by atoms with Crippen molar-refractivity contribution < 1.29 is 13.6 Å². The van der Waals surface area contributed by atoms with Gasteiger partial charge in [-0.15, -0.1) is 0 Å². The van der Waals surface area contributed by atoms with Gasteiger partial charge in [0.25, 0.3) is 0 Å². The van der Waals surface area contributed by atoms with E-state index >= 15 is 0 Å². The van der Waals surface area contributed by atoms with Crippen molar-refractivity contribution in [3.63, 3.8) is 0 Å². The van der Waals surface area contributed by atoms with Crippen LogP contribution >= 0.6 is 0 Å². The van der Waals surface area contributed by atoms with Crippen LogP contribution < -0.4 is 4.90 Å². The summed E-state index contributed by atoms with van der Waals surface area (Å²) in [4.78, 5) is 14.6. The first kappa shape index (κ1) is 13.2. The normalized spacial score (nSPS) is 30.6. The van der Waals surface area contributed by atoms with E-state index < -0.39 is 11.6 Å². The van der Waals surface area contributed by atoms with E-state index in [0.29, 0.717) is 30.5 Å². The lowest BCUT2D eigenvalue weighted by atomic mass is 9.87. The molecule has 4 heteroatoms. The highest BCUT2D eigenvalue weighted by Gasteiger charge is 2.45. The van der Waals surface area contributed by atoms with Gasteiger partial charge in [0, 0.05) is 24.2 Å². The molecule has 0 radical (unpaired) electrons.